The number of aliphatic hydroxyl groups excluding tert-OH is 1. The molecule has 0 spiro atoms. The number of rotatable bonds is 4. The molecule has 3 rings (SSSR count). The molecule has 0 unspecified atom stereocenters. The van der Waals surface area contributed by atoms with Gasteiger partial charge >= 0.3 is 0 Å². The third-order valence-corrected chi connectivity index (χ3v) is 5.95. The van der Waals surface area contributed by atoms with E-state index in [1.54, 1.807) is 28.9 Å². The lowest BCUT2D eigenvalue weighted by Gasteiger charge is -2.46. The Hall–Kier alpha value is -1.67. The van der Waals surface area contributed by atoms with E-state index in [2.05, 4.69) is 4.90 Å². The maximum atomic E-state index is 12.7. The van der Waals surface area contributed by atoms with Gasteiger partial charge in [0.2, 0.25) is 11.8 Å². The zero-order valence-electron chi connectivity index (χ0n) is 16.2. The number of β-amino-alcohol motifs (C(OH)–C–C–N with tert-alkyl or cyclic N) is 1. The molecule has 7 nitrogen and oxygen atoms in total. The number of benzene rings is 1. The number of hydrogen-bond acceptors (Lipinski definition) is 5. The minimum absolute atomic E-state index is 0.0510. The third-order valence-electron chi connectivity index (χ3n) is 5.69. The zero-order chi connectivity index (χ0) is 20.3. The van der Waals surface area contributed by atoms with Crippen molar-refractivity contribution >= 4 is 23.4 Å². The predicted molar refractivity (Wildman–Crippen MR) is 106 cm³/mol. The molecule has 0 saturated carbocycles. The standard InChI is InChI=1S/C20H28ClN3O4/c1-15(25)23-10-8-22(9-11-23)13-20(28)14-24(7-6-18(20)26)19(27)12-16-2-4-17(21)5-3-16/h2-5,18,26,28H,6-14H2,1H3/t18-,20+/m1/s1. The average molecular weight is 410 g/mol. The first-order valence-corrected chi connectivity index (χ1v) is 10.1. The fourth-order valence-corrected chi connectivity index (χ4v) is 4.05. The van der Waals surface area contributed by atoms with Gasteiger partial charge in [0.25, 0.3) is 0 Å². The summed E-state index contributed by atoms with van der Waals surface area (Å²) in [6.45, 7) is 4.88. The van der Waals surface area contributed by atoms with Gasteiger partial charge < -0.3 is 20.0 Å². The number of nitrogens with zero attached hydrogens (tertiary/aromatic N) is 3. The maximum absolute atomic E-state index is 12.7. The number of halogens is 1. The molecular formula is C20H28ClN3O4. The minimum Gasteiger partial charge on any atom is -0.390 e. The van der Waals surface area contributed by atoms with E-state index < -0.39 is 11.7 Å². The van der Waals surface area contributed by atoms with E-state index in [1.165, 1.54) is 0 Å². The molecule has 2 N–H and O–H groups in total. The van der Waals surface area contributed by atoms with Crippen molar-refractivity contribution in [1.29, 1.82) is 0 Å². The molecular weight excluding hydrogens is 382 g/mol. The van der Waals surface area contributed by atoms with Gasteiger partial charge in [0.05, 0.1) is 19.1 Å². The fourth-order valence-electron chi connectivity index (χ4n) is 3.93. The number of carbonyl (C=O) groups is 2. The van der Waals surface area contributed by atoms with E-state index in [0.29, 0.717) is 44.2 Å². The molecule has 8 heteroatoms. The van der Waals surface area contributed by atoms with Gasteiger partial charge in [-0.1, -0.05) is 23.7 Å². The van der Waals surface area contributed by atoms with Crippen LogP contribution in [-0.2, 0) is 16.0 Å². The van der Waals surface area contributed by atoms with Crippen molar-refractivity contribution < 1.29 is 19.8 Å². The molecule has 0 aromatic heterocycles. The second kappa shape index (κ2) is 8.78. The van der Waals surface area contributed by atoms with Crippen LogP contribution in [0.2, 0.25) is 5.02 Å². The van der Waals surface area contributed by atoms with Crippen LogP contribution in [-0.4, -0.2) is 94.2 Å². The van der Waals surface area contributed by atoms with Crippen molar-refractivity contribution in [3.05, 3.63) is 34.9 Å². The van der Waals surface area contributed by atoms with Crippen LogP contribution in [0.15, 0.2) is 24.3 Å². The second-order valence-electron chi connectivity index (χ2n) is 7.81. The Kier molecular flexibility index (Phi) is 6.60. The highest BCUT2D eigenvalue weighted by molar-refractivity contribution is 6.30. The molecule has 1 aromatic rings. The molecule has 28 heavy (non-hydrogen) atoms. The highest BCUT2D eigenvalue weighted by Gasteiger charge is 2.43. The molecule has 2 saturated heterocycles. The van der Waals surface area contributed by atoms with Crippen molar-refractivity contribution in [3.8, 4) is 0 Å². The minimum atomic E-state index is -1.37. The molecule has 2 amide bonds. The molecule has 2 aliphatic heterocycles. The van der Waals surface area contributed by atoms with Crippen LogP contribution < -0.4 is 0 Å². The number of likely N-dealkylation sites (tertiary alicyclic amines) is 1. The van der Waals surface area contributed by atoms with Gasteiger partial charge in [0.1, 0.15) is 5.60 Å². The molecule has 2 aliphatic rings. The Labute approximate surface area is 170 Å². The lowest BCUT2D eigenvalue weighted by Crippen LogP contribution is -2.64. The number of hydrogen-bond donors (Lipinski definition) is 2. The Morgan fingerprint density at radius 3 is 2.36 bits per heavy atom. The van der Waals surface area contributed by atoms with E-state index in [-0.39, 0.29) is 31.3 Å². The summed E-state index contributed by atoms with van der Waals surface area (Å²) in [5.41, 5.74) is -0.504. The summed E-state index contributed by atoms with van der Waals surface area (Å²) in [5, 5.41) is 22.2. The van der Waals surface area contributed by atoms with Crippen molar-refractivity contribution in [1.82, 2.24) is 14.7 Å². The average Bonchev–Trinajstić information content (AvgIpc) is 2.66. The van der Waals surface area contributed by atoms with Crippen LogP contribution >= 0.6 is 11.6 Å². The Bertz CT molecular complexity index is 706. The van der Waals surface area contributed by atoms with Gasteiger partial charge in [-0.15, -0.1) is 0 Å². The van der Waals surface area contributed by atoms with Crippen LogP contribution in [0.1, 0.15) is 18.9 Å². The summed E-state index contributed by atoms with van der Waals surface area (Å²) in [6, 6.07) is 7.14. The fraction of sp³-hybridized carbons (Fsp3) is 0.600. The van der Waals surface area contributed by atoms with Crippen molar-refractivity contribution in [3.63, 3.8) is 0 Å². The van der Waals surface area contributed by atoms with E-state index in [1.807, 2.05) is 12.1 Å². The molecule has 2 atom stereocenters. The monoisotopic (exact) mass is 409 g/mol. The highest BCUT2D eigenvalue weighted by atomic mass is 35.5. The molecule has 154 valence electrons. The van der Waals surface area contributed by atoms with Crippen molar-refractivity contribution in [2.24, 2.45) is 0 Å². The zero-order valence-corrected chi connectivity index (χ0v) is 16.9. The summed E-state index contributed by atoms with van der Waals surface area (Å²) in [5.74, 6) is -0.0240. The quantitative estimate of drug-likeness (QED) is 0.750. The van der Waals surface area contributed by atoms with Crippen molar-refractivity contribution in [2.45, 2.75) is 31.5 Å². The van der Waals surface area contributed by atoms with E-state index in [0.717, 1.165) is 5.56 Å². The second-order valence-corrected chi connectivity index (χ2v) is 8.25. The third kappa shape index (κ3) is 5.03. The van der Waals surface area contributed by atoms with E-state index >= 15 is 0 Å². The molecule has 1 aromatic carbocycles. The number of carbonyl (C=O) groups excluding carboxylic acids is 2. The van der Waals surface area contributed by atoms with Crippen LogP contribution in [0.25, 0.3) is 0 Å². The molecule has 0 aliphatic carbocycles. The van der Waals surface area contributed by atoms with Crippen LogP contribution in [0.5, 0.6) is 0 Å². The van der Waals surface area contributed by atoms with Gasteiger partial charge in [0.15, 0.2) is 0 Å². The normalized spacial score (nSPS) is 26.4. The van der Waals surface area contributed by atoms with Gasteiger partial charge in [-0.25, -0.2) is 0 Å². The molecule has 2 fully saturated rings. The van der Waals surface area contributed by atoms with E-state index in [9.17, 15) is 19.8 Å². The lowest BCUT2D eigenvalue weighted by atomic mass is 9.88. The van der Waals surface area contributed by atoms with Gasteiger partial charge in [-0.2, -0.15) is 0 Å². The summed E-state index contributed by atoms with van der Waals surface area (Å²) < 4.78 is 0. The lowest BCUT2D eigenvalue weighted by molar-refractivity contribution is -0.157. The Morgan fingerprint density at radius 2 is 1.75 bits per heavy atom. The van der Waals surface area contributed by atoms with Crippen LogP contribution in [0, 0.1) is 0 Å². The SMILES string of the molecule is CC(=O)N1CCN(C[C@]2(O)CN(C(=O)Cc3ccc(Cl)cc3)CC[C@H]2O)CC1. The summed E-state index contributed by atoms with van der Waals surface area (Å²) >= 11 is 5.89. The molecule has 0 radical (unpaired) electrons. The van der Waals surface area contributed by atoms with Gasteiger partial charge in [-0.05, 0) is 24.1 Å². The summed E-state index contributed by atoms with van der Waals surface area (Å²) in [4.78, 5) is 29.6. The Morgan fingerprint density at radius 1 is 1.11 bits per heavy atom. The first-order valence-electron chi connectivity index (χ1n) is 9.67. The maximum Gasteiger partial charge on any atom is 0.227 e. The van der Waals surface area contributed by atoms with Crippen LogP contribution in [0.4, 0.5) is 0 Å². The summed E-state index contributed by atoms with van der Waals surface area (Å²) in [6.07, 6.45) is -0.297. The number of amides is 2. The molecule has 0 bridgehead atoms. The topological polar surface area (TPSA) is 84.3 Å². The smallest absolute Gasteiger partial charge is 0.227 e. The summed E-state index contributed by atoms with van der Waals surface area (Å²) in [7, 11) is 0. The van der Waals surface area contributed by atoms with Crippen molar-refractivity contribution in [2.75, 3.05) is 45.8 Å². The van der Waals surface area contributed by atoms with Gasteiger partial charge in [0, 0.05) is 51.2 Å². The molecule has 2 heterocycles. The highest BCUT2D eigenvalue weighted by Crippen LogP contribution is 2.24. The largest absolute Gasteiger partial charge is 0.390 e. The first kappa shape index (κ1) is 21.0. The first-order chi connectivity index (χ1) is 13.3. The Balaban J connectivity index is 1.59. The number of piperazine rings is 1. The van der Waals surface area contributed by atoms with E-state index in [4.69, 9.17) is 11.6 Å². The predicted octanol–water partition coefficient (Wildman–Crippen LogP) is 0.371. The number of piperidine rings is 1. The number of aliphatic hydroxyl groups is 2. The van der Waals surface area contributed by atoms with Crippen LogP contribution in [0.3, 0.4) is 0 Å². The van der Waals surface area contributed by atoms with Gasteiger partial charge in [-0.3, -0.25) is 14.5 Å².